The fourth-order valence-electron chi connectivity index (χ4n) is 4.56. The molecule has 0 aromatic heterocycles. The van der Waals surface area contributed by atoms with Crippen LogP contribution in [-0.2, 0) is 20.7 Å². The highest BCUT2D eigenvalue weighted by molar-refractivity contribution is 5.87. The number of ether oxygens (including phenoxy) is 4. The number of hydrogen-bond acceptors (Lipinski definition) is 8. The number of carbonyl (C=O) groups is 1. The molecule has 3 rings (SSSR count). The van der Waals surface area contributed by atoms with Gasteiger partial charge in [-0.1, -0.05) is 75.8 Å². The van der Waals surface area contributed by atoms with Gasteiger partial charge in [-0.3, -0.25) is 0 Å². The molecule has 0 saturated heterocycles. The first-order valence-corrected chi connectivity index (χ1v) is 16.0. The number of hydrogen-bond donors (Lipinski definition) is 3. The summed E-state index contributed by atoms with van der Waals surface area (Å²) in [5, 5.41) is 27.6. The van der Waals surface area contributed by atoms with E-state index in [1.165, 1.54) is 31.2 Å². The van der Waals surface area contributed by atoms with Gasteiger partial charge < -0.3 is 34.3 Å². The van der Waals surface area contributed by atoms with E-state index in [0.29, 0.717) is 11.5 Å². The molecular weight excluding hydrogens is 596 g/mol. The second-order valence-electron chi connectivity index (χ2n) is 11.0. The van der Waals surface area contributed by atoms with E-state index in [2.05, 4.69) is 44.1 Å². The van der Waals surface area contributed by atoms with E-state index in [1.807, 2.05) is 54.6 Å². The third-order valence-corrected chi connectivity index (χ3v) is 7.27. The molecule has 0 aliphatic rings. The van der Waals surface area contributed by atoms with Crippen LogP contribution >= 0.6 is 0 Å². The lowest BCUT2D eigenvalue weighted by atomic mass is 9.93. The SMILES string of the molecule is C=C(CO)C(=O)OCCOc1ccc(-c2ccc(C#Cc3ccc(OCCOC(O)C(=C)CO)cc3)cc2CCCCCCC)cc1. The monoisotopic (exact) mass is 642 g/mol. The number of aryl methyl sites for hydroxylation is 1. The third kappa shape index (κ3) is 13.1. The van der Waals surface area contributed by atoms with Crippen LogP contribution in [0.5, 0.6) is 11.5 Å². The molecular formula is C39H46O8. The summed E-state index contributed by atoms with van der Waals surface area (Å²) in [6, 6.07) is 21.7. The Bertz CT molecular complexity index is 1480. The highest BCUT2D eigenvalue weighted by Crippen LogP contribution is 2.28. The molecule has 0 saturated carbocycles. The molecule has 0 bridgehead atoms. The van der Waals surface area contributed by atoms with Crippen LogP contribution in [0, 0.1) is 11.8 Å². The van der Waals surface area contributed by atoms with E-state index >= 15 is 0 Å². The molecule has 0 fully saturated rings. The summed E-state index contributed by atoms with van der Waals surface area (Å²) in [7, 11) is 0. The lowest BCUT2D eigenvalue weighted by Crippen LogP contribution is -2.20. The van der Waals surface area contributed by atoms with Crippen LogP contribution in [-0.4, -0.2) is 67.2 Å². The molecule has 0 amide bonds. The topological polar surface area (TPSA) is 115 Å². The maximum atomic E-state index is 11.6. The van der Waals surface area contributed by atoms with Crippen molar-refractivity contribution in [1.82, 2.24) is 0 Å². The van der Waals surface area contributed by atoms with Crippen LogP contribution in [0.4, 0.5) is 0 Å². The average Bonchev–Trinajstić information content (AvgIpc) is 3.10. The maximum Gasteiger partial charge on any atom is 0.335 e. The van der Waals surface area contributed by atoms with Crippen molar-refractivity contribution in [2.45, 2.75) is 51.7 Å². The smallest absolute Gasteiger partial charge is 0.335 e. The number of carbonyl (C=O) groups excluding carboxylic acids is 1. The van der Waals surface area contributed by atoms with E-state index < -0.39 is 18.9 Å². The molecule has 0 spiro atoms. The van der Waals surface area contributed by atoms with E-state index in [9.17, 15) is 9.90 Å². The summed E-state index contributed by atoms with van der Waals surface area (Å²) in [5.74, 6) is 7.25. The Morgan fingerprint density at radius 1 is 0.766 bits per heavy atom. The average molecular weight is 643 g/mol. The molecule has 8 nitrogen and oxygen atoms in total. The normalized spacial score (nSPS) is 11.2. The summed E-state index contributed by atoms with van der Waals surface area (Å²) >= 11 is 0. The van der Waals surface area contributed by atoms with Crippen LogP contribution in [0.25, 0.3) is 11.1 Å². The van der Waals surface area contributed by atoms with Crippen LogP contribution in [0.15, 0.2) is 91.0 Å². The van der Waals surface area contributed by atoms with Crippen LogP contribution in [0.3, 0.4) is 0 Å². The van der Waals surface area contributed by atoms with E-state index in [1.54, 1.807) is 0 Å². The lowest BCUT2D eigenvalue weighted by Gasteiger charge is -2.13. The molecule has 47 heavy (non-hydrogen) atoms. The molecule has 250 valence electrons. The minimum Gasteiger partial charge on any atom is -0.491 e. The van der Waals surface area contributed by atoms with Gasteiger partial charge in [0.25, 0.3) is 0 Å². The van der Waals surface area contributed by atoms with Crippen molar-refractivity contribution in [2.24, 2.45) is 0 Å². The van der Waals surface area contributed by atoms with Crippen molar-refractivity contribution in [3.05, 3.63) is 108 Å². The third-order valence-electron chi connectivity index (χ3n) is 7.27. The number of esters is 1. The van der Waals surface area contributed by atoms with Gasteiger partial charge in [0, 0.05) is 16.7 Å². The zero-order valence-corrected chi connectivity index (χ0v) is 27.2. The van der Waals surface area contributed by atoms with Gasteiger partial charge in [0.1, 0.15) is 31.3 Å². The molecule has 3 N–H and O–H groups in total. The zero-order chi connectivity index (χ0) is 33.9. The van der Waals surface area contributed by atoms with Crippen LogP contribution in [0.2, 0.25) is 0 Å². The minimum atomic E-state index is -1.21. The van der Waals surface area contributed by atoms with Gasteiger partial charge in [0.05, 0.1) is 25.4 Å². The van der Waals surface area contributed by atoms with Gasteiger partial charge in [0.2, 0.25) is 0 Å². The van der Waals surface area contributed by atoms with E-state index in [-0.39, 0.29) is 44.2 Å². The van der Waals surface area contributed by atoms with Crippen LogP contribution in [0.1, 0.15) is 55.7 Å². The van der Waals surface area contributed by atoms with Gasteiger partial charge in [-0.2, -0.15) is 0 Å². The predicted molar refractivity (Wildman–Crippen MR) is 183 cm³/mol. The van der Waals surface area contributed by atoms with Gasteiger partial charge in [-0.15, -0.1) is 0 Å². The van der Waals surface area contributed by atoms with E-state index in [0.717, 1.165) is 35.1 Å². The molecule has 0 heterocycles. The zero-order valence-electron chi connectivity index (χ0n) is 27.2. The number of unbranched alkanes of at least 4 members (excludes halogenated alkanes) is 4. The van der Waals surface area contributed by atoms with Gasteiger partial charge in [-0.05, 0) is 78.1 Å². The van der Waals surface area contributed by atoms with Gasteiger partial charge >= 0.3 is 5.97 Å². The van der Waals surface area contributed by atoms with Crippen molar-refractivity contribution in [3.8, 4) is 34.5 Å². The fraction of sp³-hybridized carbons (Fsp3) is 0.359. The summed E-state index contributed by atoms with van der Waals surface area (Å²) in [4.78, 5) is 11.6. The van der Waals surface area contributed by atoms with E-state index in [4.69, 9.17) is 29.2 Å². The molecule has 1 unspecified atom stereocenters. The molecule has 3 aromatic rings. The highest BCUT2D eigenvalue weighted by atomic mass is 16.6. The number of aliphatic hydroxyl groups is 3. The molecule has 0 aliphatic heterocycles. The summed E-state index contributed by atoms with van der Waals surface area (Å²) in [5.41, 5.74) is 5.50. The quantitative estimate of drug-likeness (QED) is 0.0344. The van der Waals surface area contributed by atoms with Gasteiger partial charge in [0.15, 0.2) is 6.29 Å². The van der Waals surface area contributed by atoms with Crippen molar-refractivity contribution in [1.29, 1.82) is 0 Å². The number of rotatable bonds is 20. The van der Waals surface area contributed by atoms with Crippen molar-refractivity contribution in [3.63, 3.8) is 0 Å². The first-order chi connectivity index (χ1) is 22.8. The minimum absolute atomic E-state index is 0.0113. The summed E-state index contributed by atoms with van der Waals surface area (Å²) < 4.78 is 21.6. The Morgan fingerprint density at radius 2 is 1.38 bits per heavy atom. The molecule has 1 atom stereocenters. The summed E-state index contributed by atoms with van der Waals surface area (Å²) in [6.07, 6.45) is 5.72. The Kier molecular flexibility index (Phi) is 16.3. The Hall–Kier alpha value is -4.39. The highest BCUT2D eigenvalue weighted by Gasteiger charge is 2.10. The van der Waals surface area contributed by atoms with Crippen molar-refractivity contribution in [2.75, 3.05) is 39.6 Å². The largest absolute Gasteiger partial charge is 0.491 e. The van der Waals surface area contributed by atoms with Gasteiger partial charge in [-0.25, -0.2) is 4.79 Å². The predicted octanol–water partition coefficient (Wildman–Crippen LogP) is 6.00. The second-order valence-corrected chi connectivity index (χ2v) is 11.0. The first kappa shape index (κ1) is 37.1. The summed E-state index contributed by atoms with van der Waals surface area (Å²) in [6.45, 7) is 9.07. The number of benzene rings is 3. The maximum absolute atomic E-state index is 11.6. The Balaban J connectivity index is 1.63. The molecule has 0 radical (unpaired) electrons. The van der Waals surface area contributed by atoms with Crippen molar-refractivity contribution >= 4 is 5.97 Å². The standard InChI is InChI=1S/C39H46O8/c1-4-5-6-7-8-9-34-26-32(11-10-31-12-17-35(18-13-31)44-22-24-46-38(42)29(2)27-40)14-21-37(34)33-15-19-36(20-16-33)45-23-25-47-39(43)30(3)28-41/h12-21,26,38,40-42H,2-9,22-25,27-28H2,1H3. The Labute approximate surface area is 278 Å². The van der Waals surface area contributed by atoms with Crippen molar-refractivity contribution < 1.29 is 39.1 Å². The molecule has 8 heteroatoms. The number of aliphatic hydroxyl groups excluding tert-OH is 3. The van der Waals surface area contributed by atoms with Crippen LogP contribution < -0.4 is 9.47 Å². The molecule has 0 aliphatic carbocycles. The first-order valence-electron chi connectivity index (χ1n) is 16.0. The Morgan fingerprint density at radius 3 is 2.04 bits per heavy atom. The second kappa shape index (κ2) is 20.7. The lowest BCUT2D eigenvalue weighted by molar-refractivity contribution is -0.140. The molecule has 3 aromatic carbocycles. The fourth-order valence-corrected chi connectivity index (χ4v) is 4.56.